The van der Waals surface area contributed by atoms with Gasteiger partial charge < -0.3 is 0 Å². The van der Waals surface area contributed by atoms with Crippen LogP contribution in [0.3, 0.4) is 0 Å². The molecule has 0 atom stereocenters. The molecule has 5 heteroatoms. The molecule has 2 heterocycles. The van der Waals surface area contributed by atoms with Gasteiger partial charge in [-0.25, -0.2) is 4.98 Å². The van der Waals surface area contributed by atoms with Crippen molar-refractivity contribution in [2.75, 3.05) is 5.32 Å². The largest absolute Gasteiger partial charge is 0.298 e. The van der Waals surface area contributed by atoms with Crippen molar-refractivity contribution in [3.8, 4) is 10.6 Å². The Morgan fingerprint density at radius 2 is 2.00 bits per heavy atom. The second kappa shape index (κ2) is 5.79. The predicted octanol–water partition coefficient (Wildman–Crippen LogP) is 4.74. The van der Waals surface area contributed by atoms with E-state index in [1.54, 1.807) is 11.3 Å². The van der Waals surface area contributed by atoms with E-state index in [0.717, 1.165) is 21.7 Å². The van der Waals surface area contributed by atoms with Gasteiger partial charge in [-0.3, -0.25) is 10.1 Å². The van der Waals surface area contributed by atoms with E-state index in [4.69, 9.17) is 0 Å². The number of hydrogen-bond donors (Lipinski definition) is 1. The number of thiazole rings is 1. The summed E-state index contributed by atoms with van der Waals surface area (Å²) in [6, 6.07) is 9.76. The molecule has 2 aromatic heterocycles. The first-order valence-electron chi connectivity index (χ1n) is 6.52. The average Bonchev–Trinajstić information content (AvgIpc) is 3.12. The maximum absolute atomic E-state index is 12.3. The number of carbonyl (C=O) groups is 1. The van der Waals surface area contributed by atoms with Crippen molar-refractivity contribution in [1.82, 2.24) is 4.98 Å². The number of carbonyl (C=O) groups excluding carboxylic acids is 1. The van der Waals surface area contributed by atoms with Crippen LogP contribution in [-0.4, -0.2) is 10.9 Å². The first-order chi connectivity index (χ1) is 10.1. The van der Waals surface area contributed by atoms with Gasteiger partial charge in [-0.05, 0) is 42.5 Å². The normalized spacial score (nSPS) is 10.6. The quantitative estimate of drug-likeness (QED) is 0.758. The lowest BCUT2D eigenvalue weighted by molar-refractivity contribution is 0.102. The van der Waals surface area contributed by atoms with Crippen LogP contribution in [0.15, 0.2) is 41.1 Å². The maximum atomic E-state index is 12.3. The minimum Gasteiger partial charge on any atom is -0.298 e. The van der Waals surface area contributed by atoms with Gasteiger partial charge in [-0.15, -0.1) is 22.7 Å². The van der Waals surface area contributed by atoms with Crippen LogP contribution in [0.2, 0.25) is 0 Å². The molecule has 106 valence electrons. The Bertz CT molecular complexity index is 775. The lowest BCUT2D eigenvalue weighted by Gasteiger charge is -2.07. The highest BCUT2D eigenvalue weighted by molar-refractivity contribution is 7.16. The first kappa shape index (κ1) is 14.0. The van der Waals surface area contributed by atoms with Crippen LogP contribution < -0.4 is 5.32 Å². The molecule has 1 N–H and O–H groups in total. The van der Waals surface area contributed by atoms with E-state index < -0.39 is 0 Å². The van der Waals surface area contributed by atoms with Crippen LogP contribution in [0.5, 0.6) is 0 Å². The van der Waals surface area contributed by atoms with Crippen molar-refractivity contribution >= 4 is 33.7 Å². The highest BCUT2D eigenvalue weighted by Crippen LogP contribution is 2.28. The number of rotatable bonds is 3. The Labute approximate surface area is 131 Å². The van der Waals surface area contributed by atoms with Crippen LogP contribution in [0.4, 0.5) is 5.13 Å². The van der Waals surface area contributed by atoms with Crippen molar-refractivity contribution < 1.29 is 4.79 Å². The summed E-state index contributed by atoms with van der Waals surface area (Å²) in [5.41, 5.74) is 3.72. The standard InChI is InChI=1S/C16H14N2OS2/c1-10-5-3-6-12(11(10)2)15(19)18-16-17-13(9-21-16)14-7-4-8-20-14/h3-9H,1-2H3,(H,17,18,19). The van der Waals surface area contributed by atoms with E-state index in [0.29, 0.717) is 10.7 Å². The number of aromatic nitrogens is 1. The lowest BCUT2D eigenvalue weighted by Crippen LogP contribution is -2.13. The second-order valence-corrected chi connectivity index (χ2v) is 6.52. The number of amides is 1. The third-order valence-electron chi connectivity index (χ3n) is 3.35. The van der Waals surface area contributed by atoms with Crippen LogP contribution in [0.25, 0.3) is 10.6 Å². The summed E-state index contributed by atoms with van der Waals surface area (Å²) >= 11 is 3.08. The molecule has 0 fully saturated rings. The smallest absolute Gasteiger partial charge is 0.257 e. The number of nitrogens with zero attached hydrogens (tertiary/aromatic N) is 1. The summed E-state index contributed by atoms with van der Waals surface area (Å²) in [4.78, 5) is 17.9. The SMILES string of the molecule is Cc1cccc(C(=O)Nc2nc(-c3cccs3)cs2)c1C. The van der Waals surface area contributed by atoms with Gasteiger partial charge in [-0.1, -0.05) is 18.2 Å². The van der Waals surface area contributed by atoms with Gasteiger partial charge in [0.05, 0.1) is 10.6 Å². The van der Waals surface area contributed by atoms with Crippen molar-refractivity contribution in [2.45, 2.75) is 13.8 Å². The van der Waals surface area contributed by atoms with Gasteiger partial charge in [0.1, 0.15) is 0 Å². The van der Waals surface area contributed by atoms with Crippen LogP contribution in [-0.2, 0) is 0 Å². The fourth-order valence-corrected chi connectivity index (χ4v) is 3.50. The Morgan fingerprint density at radius 3 is 2.76 bits per heavy atom. The average molecular weight is 314 g/mol. The number of aryl methyl sites for hydroxylation is 1. The molecule has 0 aliphatic rings. The van der Waals surface area contributed by atoms with E-state index in [1.165, 1.54) is 11.3 Å². The topological polar surface area (TPSA) is 42.0 Å². The summed E-state index contributed by atoms with van der Waals surface area (Å²) in [6.07, 6.45) is 0. The summed E-state index contributed by atoms with van der Waals surface area (Å²) in [7, 11) is 0. The minimum atomic E-state index is -0.108. The summed E-state index contributed by atoms with van der Waals surface area (Å²) in [6.45, 7) is 3.97. The number of nitrogens with one attached hydrogen (secondary N) is 1. The second-order valence-electron chi connectivity index (χ2n) is 4.72. The Balaban J connectivity index is 1.81. The number of hydrogen-bond acceptors (Lipinski definition) is 4. The molecule has 0 saturated carbocycles. The lowest BCUT2D eigenvalue weighted by atomic mass is 10.0. The molecule has 0 aliphatic heterocycles. The molecule has 1 amide bonds. The van der Waals surface area contributed by atoms with Gasteiger partial charge >= 0.3 is 0 Å². The van der Waals surface area contributed by atoms with Crippen LogP contribution in [0.1, 0.15) is 21.5 Å². The maximum Gasteiger partial charge on any atom is 0.257 e. The van der Waals surface area contributed by atoms with Gasteiger partial charge in [0.2, 0.25) is 0 Å². The molecule has 1 aromatic carbocycles. The molecule has 21 heavy (non-hydrogen) atoms. The Kier molecular flexibility index (Phi) is 3.86. The summed E-state index contributed by atoms with van der Waals surface area (Å²) in [5, 5.41) is 7.49. The summed E-state index contributed by atoms with van der Waals surface area (Å²) in [5.74, 6) is -0.108. The van der Waals surface area contributed by atoms with E-state index in [2.05, 4.69) is 10.3 Å². The van der Waals surface area contributed by atoms with Gasteiger partial charge in [-0.2, -0.15) is 0 Å². The van der Waals surface area contributed by atoms with Crippen LogP contribution in [0, 0.1) is 13.8 Å². The zero-order chi connectivity index (χ0) is 14.8. The number of benzene rings is 1. The summed E-state index contributed by atoms with van der Waals surface area (Å²) < 4.78 is 0. The van der Waals surface area contributed by atoms with E-state index in [9.17, 15) is 4.79 Å². The molecule has 0 bridgehead atoms. The van der Waals surface area contributed by atoms with E-state index >= 15 is 0 Å². The van der Waals surface area contributed by atoms with Crippen molar-refractivity contribution in [3.05, 3.63) is 57.8 Å². The molecular weight excluding hydrogens is 300 g/mol. The van der Waals surface area contributed by atoms with E-state index in [-0.39, 0.29) is 5.91 Å². The van der Waals surface area contributed by atoms with Crippen molar-refractivity contribution in [3.63, 3.8) is 0 Å². The minimum absolute atomic E-state index is 0.108. The zero-order valence-corrected chi connectivity index (χ0v) is 13.3. The van der Waals surface area contributed by atoms with E-state index in [1.807, 2.05) is 54.9 Å². The molecule has 3 nitrogen and oxygen atoms in total. The number of thiophene rings is 1. The van der Waals surface area contributed by atoms with Gasteiger partial charge in [0.25, 0.3) is 5.91 Å². The molecular formula is C16H14N2OS2. The van der Waals surface area contributed by atoms with Gasteiger partial charge in [0.15, 0.2) is 5.13 Å². The first-order valence-corrected chi connectivity index (χ1v) is 8.28. The molecule has 0 unspecified atom stereocenters. The third kappa shape index (κ3) is 2.89. The number of anilines is 1. The predicted molar refractivity (Wildman–Crippen MR) is 89.3 cm³/mol. The molecule has 0 radical (unpaired) electrons. The Hall–Kier alpha value is -1.98. The van der Waals surface area contributed by atoms with Gasteiger partial charge in [0, 0.05) is 10.9 Å². The van der Waals surface area contributed by atoms with Crippen molar-refractivity contribution in [1.29, 1.82) is 0 Å². The van der Waals surface area contributed by atoms with Crippen molar-refractivity contribution in [2.24, 2.45) is 0 Å². The highest BCUT2D eigenvalue weighted by atomic mass is 32.1. The molecule has 0 spiro atoms. The fraction of sp³-hybridized carbons (Fsp3) is 0.125. The Morgan fingerprint density at radius 1 is 1.14 bits per heavy atom. The molecule has 0 aliphatic carbocycles. The fourth-order valence-electron chi connectivity index (χ4n) is 2.03. The van der Waals surface area contributed by atoms with Crippen LogP contribution >= 0.6 is 22.7 Å². The molecule has 3 aromatic rings. The highest BCUT2D eigenvalue weighted by Gasteiger charge is 2.13. The zero-order valence-electron chi connectivity index (χ0n) is 11.7. The third-order valence-corrected chi connectivity index (χ3v) is 5.00. The molecule has 3 rings (SSSR count). The molecule has 0 saturated heterocycles. The monoisotopic (exact) mass is 314 g/mol.